The predicted octanol–water partition coefficient (Wildman–Crippen LogP) is 2.73. The third-order valence-corrected chi connectivity index (χ3v) is 2.05. The first-order valence-corrected chi connectivity index (χ1v) is 4.40. The molecular formula is C11H12N. The van der Waals surface area contributed by atoms with E-state index in [1.54, 1.807) is 0 Å². The normalized spacial score (nSPS) is 18.3. The smallest absolute Gasteiger partial charge is 0.0646 e. The Balaban J connectivity index is 2.36. The standard InChI is InChI=1S/C11H12N/c1-2-6-10-7-3-4-8-11(10)12-9-5-1/h2-4,6-8H,1,5,9H2/b6-2-. The van der Waals surface area contributed by atoms with Crippen LogP contribution in [0.4, 0.5) is 5.69 Å². The average Bonchev–Trinajstić information content (AvgIpc) is 2.06. The Morgan fingerprint density at radius 2 is 2.08 bits per heavy atom. The van der Waals surface area contributed by atoms with Crippen LogP contribution < -0.4 is 5.32 Å². The van der Waals surface area contributed by atoms with Crippen molar-refractivity contribution in [3.63, 3.8) is 0 Å². The van der Waals surface area contributed by atoms with Crippen LogP contribution in [0.25, 0.3) is 6.08 Å². The van der Waals surface area contributed by atoms with Crippen LogP contribution in [0.1, 0.15) is 18.4 Å². The highest BCUT2D eigenvalue weighted by molar-refractivity contribution is 5.63. The second-order valence-electron chi connectivity index (χ2n) is 2.99. The van der Waals surface area contributed by atoms with Crippen LogP contribution in [0.2, 0.25) is 0 Å². The van der Waals surface area contributed by atoms with Gasteiger partial charge in [0, 0.05) is 6.54 Å². The molecule has 0 bridgehead atoms. The molecule has 1 aromatic rings. The van der Waals surface area contributed by atoms with Crippen molar-refractivity contribution in [3.05, 3.63) is 35.9 Å². The largest absolute Gasteiger partial charge is 0.285 e. The van der Waals surface area contributed by atoms with Gasteiger partial charge in [0.1, 0.15) is 0 Å². The van der Waals surface area contributed by atoms with Crippen LogP contribution in [-0.4, -0.2) is 6.54 Å². The van der Waals surface area contributed by atoms with Gasteiger partial charge in [-0.2, -0.15) is 0 Å². The van der Waals surface area contributed by atoms with Crippen LogP contribution in [0.3, 0.4) is 0 Å². The molecule has 0 aromatic heterocycles. The summed E-state index contributed by atoms with van der Waals surface area (Å²) in [6, 6.07) is 8.28. The van der Waals surface area contributed by atoms with Gasteiger partial charge in [0.25, 0.3) is 0 Å². The highest BCUT2D eigenvalue weighted by atomic mass is 14.9. The fourth-order valence-corrected chi connectivity index (χ4v) is 1.39. The minimum Gasteiger partial charge on any atom is -0.285 e. The number of rotatable bonds is 0. The molecule has 1 aliphatic rings. The minimum atomic E-state index is 0.960. The van der Waals surface area contributed by atoms with E-state index in [2.05, 4.69) is 35.7 Å². The number of hydrogen-bond acceptors (Lipinski definition) is 0. The summed E-state index contributed by atoms with van der Waals surface area (Å²) in [5, 5.41) is 4.50. The lowest BCUT2D eigenvalue weighted by Crippen LogP contribution is -2.02. The van der Waals surface area contributed by atoms with Gasteiger partial charge in [0.05, 0.1) is 5.69 Å². The molecule has 0 saturated carbocycles. The van der Waals surface area contributed by atoms with Crippen molar-refractivity contribution in [1.29, 1.82) is 0 Å². The Hall–Kier alpha value is -1.24. The van der Waals surface area contributed by atoms with Crippen molar-refractivity contribution >= 4 is 11.8 Å². The summed E-state index contributed by atoms with van der Waals surface area (Å²) >= 11 is 0. The van der Waals surface area contributed by atoms with Gasteiger partial charge < -0.3 is 0 Å². The molecule has 0 amide bonds. The predicted molar refractivity (Wildman–Crippen MR) is 51.4 cm³/mol. The first-order chi connectivity index (χ1) is 5.97. The maximum atomic E-state index is 4.50. The van der Waals surface area contributed by atoms with E-state index in [4.69, 9.17) is 0 Å². The van der Waals surface area contributed by atoms with Gasteiger partial charge in [-0.1, -0.05) is 30.4 Å². The van der Waals surface area contributed by atoms with Crippen molar-refractivity contribution in [2.24, 2.45) is 0 Å². The average molecular weight is 158 g/mol. The van der Waals surface area contributed by atoms with Gasteiger partial charge in [-0.3, -0.25) is 5.32 Å². The van der Waals surface area contributed by atoms with Crippen LogP contribution in [0.5, 0.6) is 0 Å². The number of allylic oxidation sites excluding steroid dienone is 1. The van der Waals surface area contributed by atoms with Crippen LogP contribution in [0, 0.1) is 0 Å². The molecular weight excluding hydrogens is 146 g/mol. The summed E-state index contributed by atoms with van der Waals surface area (Å²) in [6.07, 6.45) is 6.72. The summed E-state index contributed by atoms with van der Waals surface area (Å²) < 4.78 is 0. The second kappa shape index (κ2) is 3.44. The topological polar surface area (TPSA) is 14.1 Å². The van der Waals surface area contributed by atoms with E-state index in [0.717, 1.165) is 18.7 Å². The summed E-state index contributed by atoms with van der Waals surface area (Å²) in [6.45, 7) is 0.960. The lowest BCUT2D eigenvalue weighted by Gasteiger charge is -2.08. The molecule has 0 saturated heterocycles. The fourth-order valence-electron chi connectivity index (χ4n) is 1.39. The molecule has 2 rings (SSSR count). The molecule has 1 nitrogen and oxygen atoms in total. The molecule has 1 aliphatic heterocycles. The summed E-state index contributed by atoms with van der Waals surface area (Å²) in [4.78, 5) is 0. The third-order valence-electron chi connectivity index (χ3n) is 2.05. The van der Waals surface area contributed by atoms with E-state index >= 15 is 0 Å². The molecule has 0 spiro atoms. The molecule has 0 aliphatic carbocycles. The van der Waals surface area contributed by atoms with Gasteiger partial charge in [-0.25, -0.2) is 0 Å². The Kier molecular flexibility index (Phi) is 2.12. The zero-order chi connectivity index (χ0) is 8.23. The Morgan fingerprint density at radius 1 is 1.17 bits per heavy atom. The van der Waals surface area contributed by atoms with E-state index in [0.29, 0.717) is 0 Å². The molecule has 12 heavy (non-hydrogen) atoms. The minimum absolute atomic E-state index is 0.960. The molecule has 61 valence electrons. The van der Waals surface area contributed by atoms with Crippen molar-refractivity contribution in [1.82, 2.24) is 5.32 Å². The lowest BCUT2D eigenvalue weighted by atomic mass is 10.1. The molecule has 0 fully saturated rings. The van der Waals surface area contributed by atoms with Crippen LogP contribution >= 0.6 is 0 Å². The van der Waals surface area contributed by atoms with Gasteiger partial charge in [-0.05, 0) is 24.5 Å². The molecule has 1 heterocycles. The van der Waals surface area contributed by atoms with E-state index in [9.17, 15) is 0 Å². The zero-order valence-electron chi connectivity index (χ0n) is 7.03. The molecule has 0 unspecified atom stereocenters. The quantitative estimate of drug-likeness (QED) is 0.551. The molecule has 1 radical (unpaired) electrons. The zero-order valence-corrected chi connectivity index (χ0v) is 7.03. The summed E-state index contributed by atoms with van der Waals surface area (Å²) in [5.41, 5.74) is 2.38. The number of nitrogens with zero attached hydrogens (tertiary/aromatic N) is 1. The second-order valence-corrected chi connectivity index (χ2v) is 2.99. The Labute approximate surface area is 73.1 Å². The first-order valence-electron chi connectivity index (χ1n) is 4.40. The number of benzene rings is 1. The van der Waals surface area contributed by atoms with Gasteiger partial charge in [0.2, 0.25) is 0 Å². The molecule has 0 atom stereocenters. The van der Waals surface area contributed by atoms with Crippen molar-refractivity contribution in [2.75, 3.05) is 6.54 Å². The molecule has 0 N–H and O–H groups in total. The maximum Gasteiger partial charge on any atom is 0.0646 e. The SMILES string of the molecule is C1=C\c2ccccc2[N]CCC/1. The van der Waals surface area contributed by atoms with Gasteiger partial charge >= 0.3 is 0 Å². The van der Waals surface area contributed by atoms with Crippen molar-refractivity contribution in [3.8, 4) is 0 Å². The Morgan fingerprint density at radius 3 is 3.08 bits per heavy atom. The molecule has 1 aromatic carbocycles. The summed E-state index contributed by atoms with van der Waals surface area (Å²) in [7, 11) is 0. The summed E-state index contributed by atoms with van der Waals surface area (Å²) in [5.74, 6) is 0. The van der Waals surface area contributed by atoms with Gasteiger partial charge in [0.15, 0.2) is 0 Å². The number of fused-ring (bicyclic) bond motifs is 1. The van der Waals surface area contributed by atoms with Gasteiger partial charge in [-0.15, -0.1) is 0 Å². The first kappa shape index (κ1) is 7.41. The Bertz CT molecular complexity index is 289. The number of hydrogen-bond donors (Lipinski definition) is 0. The van der Waals surface area contributed by atoms with Crippen LogP contribution in [0.15, 0.2) is 30.3 Å². The lowest BCUT2D eigenvalue weighted by molar-refractivity contribution is 0.757. The monoisotopic (exact) mass is 158 g/mol. The van der Waals surface area contributed by atoms with Crippen molar-refractivity contribution < 1.29 is 0 Å². The van der Waals surface area contributed by atoms with Crippen molar-refractivity contribution in [2.45, 2.75) is 12.8 Å². The van der Waals surface area contributed by atoms with E-state index in [1.807, 2.05) is 6.07 Å². The highest BCUT2D eigenvalue weighted by Crippen LogP contribution is 2.18. The van der Waals surface area contributed by atoms with E-state index in [1.165, 1.54) is 12.0 Å². The van der Waals surface area contributed by atoms with Crippen LogP contribution in [-0.2, 0) is 0 Å². The van der Waals surface area contributed by atoms with E-state index in [-0.39, 0.29) is 0 Å². The maximum absolute atomic E-state index is 4.50. The number of para-hydroxylation sites is 1. The third kappa shape index (κ3) is 1.50. The fraction of sp³-hybridized carbons (Fsp3) is 0.273. The highest BCUT2D eigenvalue weighted by Gasteiger charge is 2.00. The molecule has 1 heteroatoms. The van der Waals surface area contributed by atoms with E-state index < -0.39 is 0 Å².